The average molecular weight is 292 g/mol. The van der Waals surface area contributed by atoms with Gasteiger partial charge < -0.3 is 9.84 Å². The van der Waals surface area contributed by atoms with Gasteiger partial charge in [0.05, 0.1) is 23.0 Å². The molecule has 0 aromatic rings. The number of hydrogen-bond acceptors (Lipinski definition) is 3. The first kappa shape index (κ1) is 16.4. The van der Waals surface area contributed by atoms with E-state index in [0.29, 0.717) is 19.4 Å². The number of carbonyl (C=O) groups excluding carboxylic acids is 1. The second-order valence-corrected chi connectivity index (χ2v) is 6.74. The van der Waals surface area contributed by atoms with E-state index in [1.165, 1.54) is 0 Å². The van der Waals surface area contributed by atoms with Crippen molar-refractivity contribution in [2.75, 3.05) is 6.61 Å². The Bertz CT molecular complexity index is 457. The van der Waals surface area contributed by atoms with Crippen molar-refractivity contribution >= 4 is 5.97 Å². The number of unbranched alkanes of at least 4 members (excludes halogenated alkanes) is 2. The maximum Gasteiger partial charge on any atom is 0.313 e. The van der Waals surface area contributed by atoms with E-state index in [2.05, 4.69) is 18.8 Å². The van der Waals surface area contributed by atoms with Gasteiger partial charge >= 0.3 is 5.97 Å². The molecule has 0 heterocycles. The van der Waals surface area contributed by atoms with Gasteiger partial charge in [-0.25, -0.2) is 0 Å². The van der Waals surface area contributed by atoms with Crippen molar-refractivity contribution in [1.29, 1.82) is 0 Å². The van der Waals surface area contributed by atoms with E-state index in [0.717, 1.165) is 38.5 Å². The van der Waals surface area contributed by atoms with Gasteiger partial charge in [0, 0.05) is 6.42 Å². The molecule has 0 unspecified atom stereocenters. The second-order valence-electron chi connectivity index (χ2n) is 6.74. The molecule has 3 heteroatoms. The van der Waals surface area contributed by atoms with Gasteiger partial charge in [-0.3, -0.25) is 4.79 Å². The van der Waals surface area contributed by atoms with E-state index in [1.807, 2.05) is 13.8 Å². The van der Waals surface area contributed by atoms with Gasteiger partial charge in [0.25, 0.3) is 0 Å². The summed E-state index contributed by atoms with van der Waals surface area (Å²) >= 11 is 0. The smallest absolute Gasteiger partial charge is 0.313 e. The quantitative estimate of drug-likeness (QED) is 0.490. The monoisotopic (exact) mass is 292 g/mol. The highest BCUT2D eigenvalue weighted by Gasteiger charge is 2.71. The Hall–Kier alpha value is -1.01. The first-order valence-corrected chi connectivity index (χ1v) is 8.35. The number of ether oxygens (including phenoxy) is 1. The van der Waals surface area contributed by atoms with Crippen molar-refractivity contribution in [3.05, 3.63) is 0 Å². The molecule has 0 radical (unpaired) electrons. The second kappa shape index (κ2) is 6.01. The fourth-order valence-corrected chi connectivity index (χ4v) is 4.34. The summed E-state index contributed by atoms with van der Waals surface area (Å²) < 4.78 is 5.36. The van der Waals surface area contributed by atoms with Crippen LogP contribution in [-0.2, 0) is 9.53 Å². The van der Waals surface area contributed by atoms with Crippen LogP contribution in [0.1, 0.15) is 72.1 Å². The van der Waals surface area contributed by atoms with E-state index >= 15 is 0 Å². The maximum atomic E-state index is 12.6. The lowest BCUT2D eigenvalue weighted by Crippen LogP contribution is -2.50. The van der Waals surface area contributed by atoms with Crippen LogP contribution in [0.25, 0.3) is 0 Å². The highest BCUT2D eigenvalue weighted by atomic mass is 16.5. The van der Waals surface area contributed by atoms with Crippen LogP contribution in [0.5, 0.6) is 0 Å². The Morgan fingerprint density at radius 3 is 2.67 bits per heavy atom. The molecule has 2 saturated carbocycles. The minimum absolute atomic E-state index is 0.148. The molecule has 2 rings (SSSR count). The molecule has 118 valence electrons. The molecule has 21 heavy (non-hydrogen) atoms. The van der Waals surface area contributed by atoms with Crippen LogP contribution in [-0.4, -0.2) is 23.3 Å². The Balaban J connectivity index is 2.38. The summed E-state index contributed by atoms with van der Waals surface area (Å²) in [5.74, 6) is 6.46. The standard InChI is InChI=1S/C18H28O3/c1-4-6-7-8-11-18-12-9-10-17(18,15(19)21-5-2)14-13-16(18,3)20/h20H,4-7,9-10,12-14H2,1-3H3/t16-,17-,18+/m0/s1. The Morgan fingerprint density at radius 1 is 1.24 bits per heavy atom. The van der Waals surface area contributed by atoms with E-state index in [-0.39, 0.29) is 5.97 Å². The Labute approximate surface area is 128 Å². The molecule has 0 spiro atoms. The zero-order valence-electron chi connectivity index (χ0n) is 13.6. The number of esters is 1. The minimum Gasteiger partial charge on any atom is -0.466 e. The lowest BCUT2D eigenvalue weighted by atomic mass is 9.63. The van der Waals surface area contributed by atoms with Crippen molar-refractivity contribution in [1.82, 2.24) is 0 Å². The number of carbonyl (C=O) groups is 1. The zero-order valence-corrected chi connectivity index (χ0v) is 13.6. The normalized spacial score (nSPS) is 37.7. The van der Waals surface area contributed by atoms with Crippen LogP contribution in [0, 0.1) is 22.7 Å². The Morgan fingerprint density at radius 2 is 2.00 bits per heavy atom. The van der Waals surface area contributed by atoms with Crippen LogP contribution >= 0.6 is 0 Å². The van der Waals surface area contributed by atoms with Crippen molar-refractivity contribution in [3.8, 4) is 11.8 Å². The van der Waals surface area contributed by atoms with Gasteiger partial charge in [0.1, 0.15) is 0 Å². The summed E-state index contributed by atoms with van der Waals surface area (Å²) in [5.41, 5.74) is -2.10. The van der Waals surface area contributed by atoms with Crippen LogP contribution < -0.4 is 0 Å². The molecule has 0 aliphatic heterocycles. The predicted octanol–water partition coefficient (Wildman–Crippen LogP) is 3.44. The fraction of sp³-hybridized carbons (Fsp3) is 0.833. The van der Waals surface area contributed by atoms with Gasteiger partial charge in [0.2, 0.25) is 0 Å². The molecular weight excluding hydrogens is 264 g/mol. The zero-order chi connectivity index (χ0) is 15.6. The van der Waals surface area contributed by atoms with Gasteiger partial charge in [-0.05, 0) is 46.0 Å². The summed E-state index contributed by atoms with van der Waals surface area (Å²) in [6.45, 7) is 6.23. The highest BCUT2D eigenvalue weighted by molar-refractivity contribution is 5.80. The molecule has 0 aromatic heterocycles. The van der Waals surface area contributed by atoms with E-state index in [9.17, 15) is 9.90 Å². The van der Waals surface area contributed by atoms with Crippen molar-refractivity contribution in [3.63, 3.8) is 0 Å². The van der Waals surface area contributed by atoms with Gasteiger partial charge in [-0.1, -0.05) is 25.7 Å². The van der Waals surface area contributed by atoms with E-state index < -0.39 is 16.4 Å². The third-order valence-electron chi connectivity index (χ3n) is 5.55. The van der Waals surface area contributed by atoms with Crippen LogP contribution in [0.3, 0.4) is 0 Å². The summed E-state index contributed by atoms with van der Waals surface area (Å²) in [7, 11) is 0. The van der Waals surface area contributed by atoms with Crippen molar-refractivity contribution in [2.24, 2.45) is 10.8 Å². The molecule has 0 amide bonds. The number of rotatable bonds is 4. The summed E-state index contributed by atoms with van der Waals surface area (Å²) in [5, 5.41) is 10.9. The van der Waals surface area contributed by atoms with Gasteiger partial charge in [-0.2, -0.15) is 0 Å². The SMILES string of the molecule is CCCCC#C[C@]12CCC[C@@]1(C(=O)OCC)CC[C@]2(C)O. The molecule has 2 fully saturated rings. The molecule has 3 nitrogen and oxygen atoms in total. The molecular formula is C18H28O3. The predicted molar refractivity (Wildman–Crippen MR) is 82.5 cm³/mol. The summed E-state index contributed by atoms with van der Waals surface area (Å²) in [4.78, 5) is 12.6. The molecule has 1 N–H and O–H groups in total. The summed E-state index contributed by atoms with van der Waals surface area (Å²) in [6, 6.07) is 0. The fourth-order valence-electron chi connectivity index (χ4n) is 4.34. The Kier molecular flexibility index (Phi) is 4.68. The third-order valence-corrected chi connectivity index (χ3v) is 5.55. The molecule has 3 atom stereocenters. The van der Waals surface area contributed by atoms with Crippen molar-refractivity contribution in [2.45, 2.75) is 77.7 Å². The molecule has 0 bridgehead atoms. The molecule has 2 aliphatic rings. The maximum absolute atomic E-state index is 12.6. The number of aliphatic hydroxyl groups is 1. The van der Waals surface area contributed by atoms with Crippen LogP contribution in [0.15, 0.2) is 0 Å². The first-order chi connectivity index (χ1) is 9.96. The molecule has 0 saturated heterocycles. The highest BCUT2D eigenvalue weighted by Crippen LogP contribution is 2.67. The molecule has 0 aromatic carbocycles. The molecule has 2 aliphatic carbocycles. The summed E-state index contributed by atoms with van der Waals surface area (Å²) in [6.07, 6.45) is 6.89. The van der Waals surface area contributed by atoms with Crippen LogP contribution in [0.2, 0.25) is 0 Å². The largest absolute Gasteiger partial charge is 0.466 e. The lowest BCUT2D eigenvalue weighted by molar-refractivity contribution is -0.163. The average Bonchev–Trinajstić information content (AvgIpc) is 2.92. The lowest BCUT2D eigenvalue weighted by Gasteiger charge is -2.41. The first-order valence-electron chi connectivity index (χ1n) is 8.35. The van der Waals surface area contributed by atoms with Crippen molar-refractivity contribution < 1.29 is 14.6 Å². The number of hydrogen-bond donors (Lipinski definition) is 1. The van der Waals surface area contributed by atoms with Gasteiger partial charge in [-0.15, -0.1) is 5.92 Å². The van der Waals surface area contributed by atoms with Gasteiger partial charge in [0.15, 0.2) is 0 Å². The van der Waals surface area contributed by atoms with E-state index in [1.54, 1.807) is 0 Å². The van der Waals surface area contributed by atoms with E-state index in [4.69, 9.17) is 4.74 Å². The topological polar surface area (TPSA) is 46.5 Å². The van der Waals surface area contributed by atoms with Crippen LogP contribution in [0.4, 0.5) is 0 Å². The third kappa shape index (κ3) is 2.38. The minimum atomic E-state index is -0.893. The number of fused-ring (bicyclic) bond motifs is 1.